The first-order chi connectivity index (χ1) is 15.9. The number of amides is 1. The third-order valence-corrected chi connectivity index (χ3v) is 7.89. The van der Waals surface area contributed by atoms with E-state index in [0.29, 0.717) is 24.0 Å². The molecule has 0 bridgehead atoms. The monoisotopic (exact) mass is 489 g/mol. The van der Waals surface area contributed by atoms with Crippen molar-refractivity contribution in [2.45, 2.75) is 4.90 Å². The first-order valence-corrected chi connectivity index (χ1v) is 12.4. The van der Waals surface area contributed by atoms with Crippen molar-refractivity contribution in [3.63, 3.8) is 0 Å². The summed E-state index contributed by atoms with van der Waals surface area (Å²) >= 11 is 1.33. The number of hydrogen-bond acceptors (Lipinski definition) is 8. The van der Waals surface area contributed by atoms with Gasteiger partial charge < -0.3 is 19.5 Å². The molecule has 33 heavy (non-hydrogen) atoms. The highest BCUT2D eigenvalue weighted by molar-refractivity contribution is 7.89. The minimum Gasteiger partial charge on any atom is -0.497 e. The van der Waals surface area contributed by atoms with Crippen molar-refractivity contribution >= 4 is 33.0 Å². The molecule has 0 atom stereocenters. The van der Waals surface area contributed by atoms with E-state index in [-0.39, 0.29) is 29.4 Å². The number of nitrogens with zero attached hydrogens (tertiary/aromatic N) is 2. The summed E-state index contributed by atoms with van der Waals surface area (Å²) in [5.41, 5.74) is 1.32. The molecule has 11 heteroatoms. The van der Waals surface area contributed by atoms with Crippen LogP contribution in [0.5, 0.6) is 11.5 Å². The summed E-state index contributed by atoms with van der Waals surface area (Å²) < 4.78 is 43.1. The lowest BCUT2D eigenvalue weighted by atomic mass is 10.2. The molecule has 2 heterocycles. The number of rotatable bonds is 7. The maximum Gasteiger partial charge on any atom is 0.275 e. The summed E-state index contributed by atoms with van der Waals surface area (Å²) in [6.07, 6.45) is 0. The molecule has 0 unspecified atom stereocenters. The Labute approximate surface area is 196 Å². The zero-order chi connectivity index (χ0) is 23.4. The molecule has 1 aliphatic heterocycles. The van der Waals surface area contributed by atoms with Crippen LogP contribution in [0.1, 0.15) is 10.5 Å². The lowest BCUT2D eigenvalue weighted by Gasteiger charge is -2.26. The minimum atomic E-state index is -3.72. The van der Waals surface area contributed by atoms with E-state index in [1.807, 2.05) is 24.3 Å². The maximum atomic E-state index is 13.0. The summed E-state index contributed by atoms with van der Waals surface area (Å²) in [6.45, 7) is 1.25. The average molecular weight is 490 g/mol. The first kappa shape index (κ1) is 23.2. The molecule has 1 fully saturated rings. The molecule has 174 valence electrons. The van der Waals surface area contributed by atoms with Crippen LogP contribution in [0, 0.1) is 0 Å². The van der Waals surface area contributed by atoms with Crippen LogP contribution in [0.2, 0.25) is 0 Å². The largest absolute Gasteiger partial charge is 0.497 e. The second-order valence-corrected chi connectivity index (χ2v) is 9.90. The Morgan fingerprint density at radius 2 is 1.82 bits per heavy atom. The summed E-state index contributed by atoms with van der Waals surface area (Å²) in [5, 5.41) is 5.06. The standard InChI is InChI=1S/C22H23N3O6S2/c1-29-16-5-3-15(4-6-16)22-24-19(14-32-22)21(26)23-18-13-17(7-8-20(18)30-2)33(27,28)25-9-11-31-12-10-25/h3-8,13-14H,9-12H2,1-2H3,(H,23,26). The molecule has 2 aromatic carbocycles. The fraction of sp³-hybridized carbons (Fsp3) is 0.273. The SMILES string of the molecule is COc1ccc(-c2nc(C(=O)Nc3cc(S(=O)(=O)N4CCOCC4)ccc3OC)cs2)cc1. The number of thiazole rings is 1. The zero-order valence-electron chi connectivity index (χ0n) is 18.1. The van der Waals surface area contributed by atoms with Gasteiger partial charge in [-0.25, -0.2) is 13.4 Å². The van der Waals surface area contributed by atoms with Crippen molar-refractivity contribution < 1.29 is 27.4 Å². The Morgan fingerprint density at radius 3 is 2.48 bits per heavy atom. The van der Waals surface area contributed by atoms with E-state index >= 15 is 0 Å². The third-order valence-electron chi connectivity index (χ3n) is 5.10. The number of nitrogens with one attached hydrogen (secondary N) is 1. The molecule has 4 rings (SSSR count). The normalized spacial score (nSPS) is 14.6. The summed E-state index contributed by atoms with van der Waals surface area (Å²) in [7, 11) is -0.681. The summed E-state index contributed by atoms with van der Waals surface area (Å²) in [6, 6.07) is 11.8. The van der Waals surface area contributed by atoms with E-state index in [1.54, 1.807) is 12.5 Å². The number of anilines is 1. The van der Waals surface area contributed by atoms with Crippen molar-refractivity contribution in [3.8, 4) is 22.1 Å². The number of carbonyl (C=O) groups excluding carboxylic acids is 1. The van der Waals surface area contributed by atoms with Crippen LogP contribution in [-0.2, 0) is 14.8 Å². The van der Waals surface area contributed by atoms with Gasteiger partial charge >= 0.3 is 0 Å². The van der Waals surface area contributed by atoms with E-state index in [0.717, 1.165) is 11.3 Å². The molecule has 9 nitrogen and oxygen atoms in total. The zero-order valence-corrected chi connectivity index (χ0v) is 19.7. The molecule has 0 saturated carbocycles. The summed E-state index contributed by atoms with van der Waals surface area (Å²) in [4.78, 5) is 17.4. The van der Waals surface area contributed by atoms with Crippen molar-refractivity contribution in [2.75, 3.05) is 45.8 Å². The Kier molecular flexibility index (Phi) is 6.94. The highest BCUT2D eigenvalue weighted by Crippen LogP contribution is 2.31. The predicted octanol–water partition coefficient (Wildman–Crippen LogP) is 3.10. The molecular weight excluding hydrogens is 466 g/mol. The molecular formula is C22H23N3O6S2. The summed E-state index contributed by atoms with van der Waals surface area (Å²) in [5.74, 6) is 0.604. The van der Waals surface area contributed by atoms with Gasteiger partial charge in [-0.1, -0.05) is 0 Å². The van der Waals surface area contributed by atoms with Gasteiger partial charge in [-0.3, -0.25) is 4.79 Å². The van der Waals surface area contributed by atoms with Crippen LogP contribution in [0.3, 0.4) is 0 Å². The molecule has 0 aliphatic carbocycles. The molecule has 1 N–H and O–H groups in total. The molecule has 1 amide bonds. The van der Waals surface area contributed by atoms with E-state index in [4.69, 9.17) is 14.2 Å². The molecule has 0 spiro atoms. The van der Waals surface area contributed by atoms with Gasteiger partial charge in [-0.2, -0.15) is 4.31 Å². The van der Waals surface area contributed by atoms with Crippen molar-refractivity contribution in [1.82, 2.24) is 9.29 Å². The Hall–Kier alpha value is -2.99. The van der Waals surface area contributed by atoms with Crippen LogP contribution in [0.4, 0.5) is 5.69 Å². The number of aromatic nitrogens is 1. The fourth-order valence-corrected chi connectivity index (χ4v) is 5.55. The lowest BCUT2D eigenvalue weighted by Crippen LogP contribution is -2.40. The number of hydrogen-bond donors (Lipinski definition) is 1. The molecule has 1 aromatic heterocycles. The Balaban J connectivity index is 1.56. The second-order valence-electron chi connectivity index (χ2n) is 7.10. The van der Waals surface area contributed by atoms with E-state index in [2.05, 4.69) is 10.3 Å². The van der Waals surface area contributed by atoms with Crippen LogP contribution in [0.25, 0.3) is 10.6 Å². The highest BCUT2D eigenvalue weighted by Gasteiger charge is 2.27. The number of morpholine rings is 1. The van der Waals surface area contributed by atoms with E-state index in [9.17, 15) is 13.2 Å². The van der Waals surface area contributed by atoms with Gasteiger partial charge in [-0.15, -0.1) is 11.3 Å². The molecule has 3 aromatic rings. The van der Waals surface area contributed by atoms with Gasteiger partial charge in [0.2, 0.25) is 10.0 Å². The van der Waals surface area contributed by atoms with E-state index in [1.165, 1.54) is 41.0 Å². The smallest absolute Gasteiger partial charge is 0.275 e. The number of benzene rings is 2. The van der Waals surface area contributed by atoms with Crippen molar-refractivity contribution in [3.05, 3.63) is 53.5 Å². The van der Waals surface area contributed by atoms with Crippen molar-refractivity contribution in [1.29, 1.82) is 0 Å². The van der Waals surface area contributed by atoms with Gasteiger partial charge in [0.25, 0.3) is 5.91 Å². The van der Waals surface area contributed by atoms with Crippen LogP contribution < -0.4 is 14.8 Å². The van der Waals surface area contributed by atoms with Gasteiger partial charge in [0.05, 0.1) is 38.0 Å². The quantitative estimate of drug-likeness (QED) is 0.543. The van der Waals surface area contributed by atoms with Crippen LogP contribution in [0.15, 0.2) is 52.7 Å². The fourth-order valence-electron chi connectivity index (χ4n) is 3.31. The molecule has 0 radical (unpaired) electrons. The maximum absolute atomic E-state index is 13.0. The van der Waals surface area contributed by atoms with Crippen LogP contribution >= 0.6 is 11.3 Å². The Bertz CT molecular complexity index is 1240. The molecule has 1 aliphatic rings. The van der Waals surface area contributed by atoms with Crippen molar-refractivity contribution in [2.24, 2.45) is 0 Å². The topological polar surface area (TPSA) is 107 Å². The Morgan fingerprint density at radius 1 is 1.09 bits per heavy atom. The minimum absolute atomic E-state index is 0.0673. The number of sulfonamides is 1. The first-order valence-electron chi connectivity index (χ1n) is 10.1. The van der Waals surface area contributed by atoms with Gasteiger partial charge in [0.1, 0.15) is 22.2 Å². The third kappa shape index (κ3) is 5.01. The number of carbonyl (C=O) groups is 1. The number of methoxy groups -OCH3 is 2. The van der Waals surface area contributed by atoms with Gasteiger partial charge in [0.15, 0.2) is 0 Å². The van der Waals surface area contributed by atoms with Gasteiger partial charge in [-0.05, 0) is 42.5 Å². The predicted molar refractivity (Wildman–Crippen MR) is 125 cm³/mol. The second kappa shape index (κ2) is 9.87. The van der Waals surface area contributed by atoms with Crippen LogP contribution in [-0.4, -0.2) is 64.1 Å². The van der Waals surface area contributed by atoms with E-state index < -0.39 is 15.9 Å². The molecule has 1 saturated heterocycles. The number of ether oxygens (including phenoxy) is 3. The lowest BCUT2D eigenvalue weighted by molar-refractivity contribution is 0.0730. The average Bonchev–Trinajstić information content (AvgIpc) is 3.35. The highest BCUT2D eigenvalue weighted by atomic mass is 32.2. The van der Waals surface area contributed by atoms with Gasteiger partial charge in [0, 0.05) is 24.0 Å².